The van der Waals surface area contributed by atoms with Crippen molar-refractivity contribution in [1.29, 1.82) is 0 Å². The second-order valence-corrected chi connectivity index (χ2v) is 5.35. The molecule has 0 unspecified atom stereocenters. The van der Waals surface area contributed by atoms with Crippen LogP contribution >= 0.6 is 0 Å². The molecule has 5 heteroatoms. The Balaban J connectivity index is 1.72. The first kappa shape index (κ1) is 16.8. The van der Waals surface area contributed by atoms with Gasteiger partial charge in [0.05, 0.1) is 6.61 Å². The number of rotatable bonds is 6. The lowest BCUT2D eigenvalue weighted by Crippen LogP contribution is -2.23. The zero-order valence-electron chi connectivity index (χ0n) is 13.5. The van der Waals surface area contributed by atoms with Gasteiger partial charge in [0, 0.05) is 18.7 Å². The average molecular weight is 315 g/mol. The summed E-state index contributed by atoms with van der Waals surface area (Å²) in [7, 11) is 0. The van der Waals surface area contributed by atoms with Crippen LogP contribution in [0.3, 0.4) is 0 Å². The van der Waals surface area contributed by atoms with Crippen LogP contribution in [0.5, 0.6) is 5.75 Å². The fourth-order valence-corrected chi connectivity index (χ4v) is 1.99. The minimum absolute atomic E-state index is 0.271. The van der Waals surface area contributed by atoms with Gasteiger partial charge in [-0.1, -0.05) is 6.07 Å². The number of nitrogens with two attached hydrogens (primary N) is 1. The Morgan fingerprint density at radius 3 is 2.57 bits per heavy atom. The van der Waals surface area contributed by atoms with Gasteiger partial charge in [0.2, 0.25) is 0 Å². The molecule has 2 aromatic rings. The Morgan fingerprint density at radius 1 is 1.13 bits per heavy atom. The van der Waals surface area contributed by atoms with E-state index in [2.05, 4.69) is 24.2 Å². The largest absolute Gasteiger partial charge is 0.494 e. The minimum atomic E-state index is -0.271. The first-order chi connectivity index (χ1) is 11.0. The molecule has 0 aliphatic carbocycles. The monoisotopic (exact) mass is 315 g/mol. The van der Waals surface area contributed by atoms with Crippen LogP contribution in [0.1, 0.15) is 17.5 Å². The zero-order chi connectivity index (χ0) is 16.7. The quantitative estimate of drug-likeness (QED) is 0.486. The minimum Gasteiger partial charge on any atom is -0.494 e. The van der Waals surface area contributed by atoms with Crippen molar-refractivity contribution in [3.05, 3.63) is 59.4 Å². The highest BCUT2D eigenvalue weighted by molar-refractivity contribution is 5.92. The van der Waals surface area contributed by atoms with E-state index in [-0.39, 0.29) is 5.82 Å². The normalized spacial score (nSPS) is 11.3. The summed E-state index contributed by atoms with van der Waals surface area (Å²) in [5.74, 6) is 0.763. The van der Waals surface area contributed by atoms with Crippen LogP contribution in [0.2, 0.25) is 0 Å². The zero-order valence-corrected chi connectivity index (χ0v) is 13.5. The third-order valence-electron chi connectivity index (χ3n) is 3.45. The summed E-state index contributed by atoms with van der Waals surface area (Å²) < 4.78 is 18.2. The molecule has 0 aromatic heterocycles. The van der Waals surface area contributed by atoms with Crippen LogP contribution in [0.4, 0.5) is 10.1 Å². The van der Waals surface area contributed by atoms with Gasteiger partial charge in [-0.2, -0.15) is 0 Å². The van der Waals surface area contributed by atoms with E-state index in [1.807, 2.05) is 18.2 Å². The number of nitrogens with zero attached hydrogens (tertiary/aromatic N) is 1. The van der Waals surface area contributed by atoms with Crippen molar-refractivity contribution in [2.24, 2.45) is 10.7 Å². The molecule has 0 bridgehead atoms. The maximum atomic E-state index is 12.8. The molecule has 3 N–H and O–H groups in total. The highest BCUT2D eigenvalue weighted by Gasteiger charge is 1.98. The number of hydrogen-bond acceptors (Lipinski definition) is 2. The number of aryl methyl sites for hydroxylation is 2. The van der Waals surface area contributed by atoms with Gasteiger partial charge in [-0.25, -0.2) is 4.39 Å². The Morgan fingerprint density at radius 2 is 1.87 bits per heavy atom. The van der Waals surface area contributed by atoms with Crippen LogP contribution in [0.25, 0.3) is 0 Å². The first-order valence-electron chi connectivity index (χ1n) is 7.57. The van der Waals surface area contributed by atoms with E-state index in [1.165, 1.54) is 23.3 Å². The third-order valence-corrected chi connectivity index (χ3v) is 3.45. The molecule has 2 rings (SSSR count). The van der Waals surface area contributed by atoms with E-state index in [0.29, 0.717) is 24.9 Å². The van der Waals surface area contributed by atoms with E-state index in [0.717, 1.165) is 12.1 Å². The Kier molecular flexibility index (Phi) is 5.97. The van der Waals surface area contributed by atoms with Gasteiger partial charge in [-0.05, 0) is 61.4 Å². The van der Waals surface area contributed by atoms with E-state index in [4.69, 9.17) is 10.5 Å². The Hall–Kier alpha value is -2.56. The second kappa shape index (κ2) is 8.17. The standard InChI is InChI=1S/C18H22FN3O/c1-13-4-7-16(12-14(13)2)22-18(20)21-10-3-11-23-17-8-5-15(19)6-9-17/h4-9,12H,3,10-11H2,1-2H3,(H3,20,21,22). The molecule has 0 fully saturated rings. The van der Waals surface area contributed by atoms with Crippen LogP contribution < -0.4 is 15.8 Å². The molecule has 2 aromatic carbocycles. The van der Waals surface area contributed by atoms with E-state index in [9.17, 15) is 4.39 Å². The molecular formula is C18H22FN3O. The van der Waals surface area contributed by atoms with Gasteiger partial charge in [-0.15, -0.1) is 0 Å². The molecule has 0 spiro atoms. The Labute approximate surface area is 136 Å². The number of benzene rings is 2. The molecular weight excluding hydrogens is 293 g/mol. The Bertz CT molecular complexity index is 668. The van der Waals surface area contributed by atoms with Crippen molar-refractivity contribution >= 4 is 11.6 Å². The lowest BCUT2D eigenvalue weighted by atomic mass is 10.1. The summed E-state index contributed by atoms with van der Waals surface area (Å²) in [6, 6.07) is 12.0. The van der Waals surface area contributed by atoms with E-state index < -0.39 is 0 Å². The number of guanidine groups is 1. The van der Waals surface area contributed by atoms with Crippen LogP contribution in [0.15, 0.2) is 47.5 Å². The lowest BCUT2D eigenvalue weighted by Gasteiger charge is -2.08. The molecule has 4 nitrogen and oxygen atoms in total. The van der Waals surface area contributed by atoms with Crippen LogP contribution in [0, 0.1) is 19.7 Å². The summed E-state index contributed by atoms with van der Waals surface area (Å²) in [5.41, 5.74) is 9.23. The molecule has 0 atom stereocenters. The number of aliphatic imine (C=N–C) groups is 1. The molecule has 0 radical (unpaired) electrons. The number of anilines is 1. The maximum absolute atomic E-state index is 12.8. The summed E-state index contributed by atoms with van der Waals surface area (Å²) >= 11 is 0. The molecule has 0 heterocycles. The number of ether oxygens (including phenoxy) is 1. The highest BCUT2D eigenvalue weighted by Crippen LogP contribution is 2.14. The van der Waals surface area contributed by atoms with Gasteiger partial charge in [0.1, 0.15) is 11.6 Å². The number of hydrogen-bond donors (Lipinski definition) is 2. The van der Waals surface area contributed by atoms with E-state index >= 15 is 0 Å². The van der Waals surface area contributed by atoms with Gasteiger partial charge in [0.25, 0.3) is 0 Å². The number of nitrogens with one attached hydrogen (secondary N) is 1. The molecule has 0 saturated heterocycles. The maximum Gasteiger partial charge on any atom is 0.193 e. The lowest BCUT2D eigenvalue weighted by molar-refractivity contribution is 0.313. The predicted molar refractivity (Wildman–Crippen MR) is 92.5 cm³/mol. The molecule has 0 aliphatic heterocycles. The highest BCUT2D eigenvalue weighted by atomic mass is 19.1. The van der Waals surface area contributed by atoms with Crippen LogP contribution in [-0.2, 0) is 0 Å². The summed E-state index contributed by atoms with van der Waals surface area (Å²) in [6.45, 7) is 5.19. The second-order valence-electron chi connectivity index (χ2n) is 5.35. The predicted octanol–water partition coefficient (Wildman–Crippen LogP) is 3.64. The SMILES string of the molecule is Cc1ccc(NC(N)=NCCCOc2ccc(F)cc2)cc1C. The van der Waals surface area contributed by atoms with Crippen molar-refractivity contribution in [3.8, 4) is 5.75 Å². The topological polar surface area (TPSA) is 59.6 Å². The average Bonchev–Trinajstić information content (AvgIpc) is 2.52. The first-order valence-corrected chi connectivity index (χ1v) is 7.57. The summed E-state index contributed by atoms with van der Waals surface area (Å²) in [4.78, 5) is 4.26. The summed E-state index contributed by atoms with van der Waals surface area (Å²) in [5, 5.41) is 3.07. The smallest absolute Gasteiger partial charge is 0.193 e. The number of halogens is 1. The molecule has 0 aliphatic rings. The van der Waals surface area contributed by atoms with Gasteiger partial charge in [0.15, 0.2) is 5.96 Å². The molecule has 23 heavy (non-hydrogen) atoms. The fraction of sp³-hybridized carbons (Fsp3) is 0.278. The molecule has 122 valence electrons. The molecule has 0 saturated carbocycles. The van der Waals surface area contributed by atoms with E-state index in [1.54, 1.807) is 12.1 Å². The summed E-state index contributed by atoms with van der Waals surface area (Å²) in [6.07, 6.45) is 0.729. The van der Waals surface area contributed by atoms with Crippen molar-refractivity contribution < 1.29 is 9.13 Å². The van der Waals surface area contributed by atoms with Crippen molar-refractivity contribution in [2.75, 3.05) is 18.5 Å². The van der Waals surface area contributed by atoms with Crippen molar-refractivity contribution in [1.82, 2.24) is 0 Å². The van der Waals surface area contributed by atoms with Gasteiger partial charge in [-0.3, -0.25) is 4.99 Å². The molecule has 0 amide bonds. The third kappa shape index (κ3) is 5.62. The van der Waals surface area contributed by atoms with Gasteiger partial charge < -0.3 is 15.8 Å². The van der Waals surface area contributed by atoms with Gasteiger partial charge >= 0.3 is 0 Å². The fourth-order valence-electron chi connectivity index (χ4n) is 1.99. The van der Waals surface area contributed by atoms with Crippen molar-refractivity contribution in [2.45, 2.75) is 20.3 Å². The van der Waals surface area contributed by atoms with Crippen molar-refractivity contribution in [3.63, 3.8) is 0 Å². The van der Waals surface area contributed by atoms with Crippen LogP contribution in [-0.4, -0.2) is 19.1 Å².